The molecule has 2 rings (SSSR count). The number of nitriles is 1. The number of nitrogens with one attached hydrogen (secondary N) is 1. The van der Waals surface area contributed by atoms with Crippen molar-refractivity contribution in [2.45, 2.75) is 20.4 Å². The lowest BCUT2D eigenvalue weighted by atomic mass is 10.1. The Morgan fingerprint density at radius 3 is 2.53 bits per heavy atom. The molecular formula is C16H15BrN2. The van der Waals surface area contributed by atoms with Gasteiger partial charge in [-0.3, -0.25) is 0 Å². The van der Waals surface area contributed by atoms with Gasteiger partial charge in [0.15, 0.2) is 0 Å². The van der Waals surface area contributed by atoms with Crippen LogP contribution in [0.2, 0.25) is 0 Å². The van der Waals surface area contributed by atoms with Crippen LogP contribution in [0.25, 0.3) is 0 Å². The number of nitrogens with zero attached hydrogens (tertiary/aromatic N) is 1. The third-order valence-electron chi connectivity index (χ3n) is 3.13. The lowest BCUT2D eigenvalue weighted by Crippen LogP contribution is -2.02. The van der Waals surface area contributed by atoms with Gasteiger partial charge in [-0.1, -0.05) is 22.0 Å². The van der Waals surface area contributed by atoms with E-state index in [1.54, 1.807) is 0 Å². The highest BCUT2D eigenvalue weighted by Gasteiger charge is 2.02. The van der Waals surface area contributed by atoms with Crippen molar-refractivity contribution < 1.29 is 0 Å². The van der Waals surface area contributed by atoms with E-state index in [9.17, 15) is 0 Å². The predicted octanol–water partition coefficient (Wildman–Crippen LogP) is 4.55. The van der Waals surface area contributed by atoms with Crippen LogP contribution in [-0.2, 0) is 6.54 Å². The van der Waals surface area contributed by atoms with Gasteiger partial charge in [-0.25, -0.2) is 0 Å². The monoisotopic (exact) mass is 314 g/mol. The van der Waals surface area contributed by atoms with Crippen LogP contribution in [0.3, 0.4) is 0 Å². The molecule has 3 heteroatoms. The summed E-state index contributed by atoms with van der Waals surface area (Å²) in [6.45, 7) is 4.88. The molecule has 0 spiro atoms. The molecule has 96 valence electrons. The smallest absolute Gasteiger partial charge is 0.0991 e. The number of hydrogen-bond acceptors (Lipinski definition) is 2. The lowest BCUT2D eigenvalue weighted by Gasteiger charge is -2.12. The second kappa shape index (κ2) is 5.90. The Kier molecular flexibility index (Phi) is 4.24. The van der Waals surface area contributed by atoms with Crippen molar-refractivity contribution in [2.75, 3.05) is 5.32 Å². The van der Waals surface area contributed by atoms with Crippen LogP contribution in [0.4, 0.5) is 5.69 Å². The first-order valence-electron chi connectivity index (χ1n) is 6.10. The number of anilines is 1. The Bertz CT molecular complexity index is 642. The number of halogens is 1. The summed E-state index contributed by atoms with van der Waals surface area (Å²) >= 11 is 3.46. The van der Waals surface area contributed by atoms with Gasteiger partial charge < -0.3 is 5.32 Å². The summed E-state index contributed by atoms with van der Waals surface area (Å²) in [6.07, 6.45) is 0. The van der Waals surface area contributed by atoms with Crippen molar-refractivity contribution in [1.82, 2.24) is 0 Å². The van der Waals surface area contributed by atoms with Crippen molar-refractivity contribution in [1.29, 1.82) is 5.26 Å². The van der Waals surface area contributed by atoms with Gasteiger partial charge in [-0.05, 0) is 60.9 Å². The minimum absolute atomic E-state index is 0.709. The van der Waals surface area contributed by atoms with E-state index in [1.807, 2.05) is 31.2 Å². The summed E-state index contributed by atoms with van der Waals surface area (Å²) < 4.78 is 1.09. The molecule has 1 N–H and O–H groups in total. The zero-order valence-corrected chi connectivity index (χ0v) is 12.6. The molecule has 0 aromatic heterocycles. The van der Waals surface area contributed by atoms with E-state index in [2.05, 4.69) is 46.4 Å². The van der Waals surface area contributed by atoms with Crippen LogP contribution < -0.4 is 5.32 Å². The molecule has 0 aliphatic rings. The van der Waals surface area contributed by atoms with Gasteiger partial charge >= 0.3 is 0 Å². The van der Waals surface area contributed by atoms with Gasteiger partial charge in [0.2, 0.25) is 0 Å². The van der Waals surface area contributed by atoms with E-state index >= 15 is 0 Å². The standard InChI is InChI=1S/C16H15BrN2/c1-11-7-13(9-18)3-4-14(11)10-19-16-6-5-15(17)8-12(16)2/h3-8,19H,10H2,1-2H3. The summed E-state index contributed by atoms with van der Waals surface area (Å²) in [5.74, 6) is 0. The lowest BCUT2D eigenvalue weighted by molar-refractivity contribution is 1.11. The van der Waals surface area contributed by atoms with Gasteiger partial charge in [-0.2, -0.15) is 5.26 Å². The van der Waals surface area contributed by atoms with Gasteiger partial charge in [-0.15, -0.1) is 0 Å². The maximum absolute atomic E-state index is 8.85. The molecule has 0 saturated carbocycles. The first-order chi connectivity index (χ1) is 9.10. The van der Waals surface area contributed by atoms with Crippen LogP contribution in [0.1, 0.15) is 22.3 Å². The Labute approximate surface area is 122 Å². The van der Waals surface area contributed by atoms with Crippen molar-refractivity contribution in [2.24, 2.45) is 0 Å². The molecule has 0 radical (unpaired) electrons. The van der Waals surface area contributed by atoms with E-state index in [0.29, 0.717) is 5.56 Å². The molecule has 0 aliphatic carbocycles. The molecule has 2 aromatic carbocycles. The molecule has 0 unspecified atom stereocenters. The third-order valence-corrected chi connectivity index (χ3v) is 3.62. The molecule has 2 nitrogen and oxygen atoms in total. The topological polar surface area (TPSA) is 35.8 Å². The van der Waals surface area contributed by atoms with Gasteiger partial charge in [0.1, 0.15) is 0 Å². The van der Waals surface area contributed by atoms with E-state index in [1.165, 1.54) is 11.1 Å². The van der Waals surface area contributed by atoms with Crippen LogP contribution >= 0.6 is 15.9 Å². The zero-order valence-electron chi connectivity index (χ0n) is 11.0. The summed E-state index contributed by atoms with van der Waals surface area (Å²) in [5.41, 5.74) is 5.40. The van der Waals surface area contributed by atoms with Crippen molar-refractivity contribution in [3.8, 4) is 6.07 Å². The Balaban J connectivity index is 2.13. The van der Waals surface area contributed by atoms with E-state index in [0.717, 1.165) is 22.3 Å². The second-order valence-corrected chi connectivity index (χ2v) is 5.48. The maximum Gasteiger partial charge on any atom is 0.0991 e. The first kappa shape index (κ1) is 13.6. The molecule has 0 fully saturated rings. The van der Waals surface area contributed by atoms with Crippen LogP contribution in [0.5, 0.6) is 0 Å². The van der Waals surface area contributed by atoms with Crippen molar-refractivity contribution in [3.05, 3.63) is 63.1 Å². The minimum atomic E-state index is 0.709. The molecule has 0 saturated heterocycles. The predicted molar refractivity (Wildman–Crippen MR) is 82.1 cm³/mol. The first-order valence-corrected chi connectivity index (χ1v) is 6.89. The van der Waals surface area contributed by atoms with Gasteiger partial charge in [0, 0.05) is 16.7 Å². The highest BCUT2D eigenvalue weighted by Crippen LogP contribution is 2.21. The highest BCUT2D eigenvalue weighted by atomic mass is 79.9. The van der Waals surface area contributed by atoms with Crippen molar-refractivity contribution in [3.63, 3.8) is 0 Å². The maximum atomic E-state index is 8.85. The second-order valence-electron chi connectivity index (χ2n) is 4.57. The Morgan fingerprint density at radius 2 is 1.89 bits per heavy atom. The molecule has 2 aromatic rings. The summed E-state index contributed by atoms with van der Waals surface area (Å²) in [4.78, 5) is 0. The molecule has 0 atom stereocenters. The quantitative estimate of drug-likeness (QED) is 0.902. The van der Waals surface area contributed by atoms with Crippen LogP contribution in [0.15, 0.2) is 40.9 Å². The average molecular weight is 315 g/mol. The molecule has 19 heavy (non-hydrogen) atoms. The number of rotatable bonds is 3. The summed E-state index contributed by atoms with van der Waals surface area (Å²) in [5, 5.41) is 12.3. The van der Waals surface area contributed by atoms with E-state index in [4.69, 9.17) is 5.26 Å². The normalized spacial score (nSPS) is 10.0. The number of hydrogen-bond donors (Lipinski definition) is 1. The number of benzene rings is 2. The fourth-order valence-corrected chi connectivity index (χ4v) is 2.46. The minimum Gasteiger partial charge on any atom is -0.381 e. The van der Waals surface area contributed by atoms with E-state index < -0.39 is 0 Å². The molecule has 0 heterocycles. The molecule has 0 aliphatic heterocycles. The fraction of sp³-hybridized carbons (Fsp3) is 0.188. The summed E-state index contributed by atoms with van der Waals surface area (Å²) in [7, 11) is 0. The van der Waals surface area contributed by atoms with Crippen molar-refractivity contribution >= 4 is 21.6 Å². The molecule has 0 amide bonds. The largest absolute Gasteiger partial charge is 0.381 e. The molecular weight excluding hydrogens is 300 g/mol. The third kappa shape index (κ3) is 3.36. The zero-order chi connectivity index (χ0) is 13.8. The summed E-state index contributed by atoms with van der Waals surface area (Å²) in [6, 6.07) is 14.1. The van der Waals surface area contributed by atoms with E-state index in [-0.39, 0.29) is 0 Å². The van der Waals surface area contributed by atoms with Gasteiger partial charge in [0.05, 0.1) is 11.6 Å². The Morgan fingerprint density at radius 1 is 1.11 bits per heavy atom. The fourth-order valence-electron chi connectivity index (χ4n) is 1.98. The highest BCUT2D eigenvalue weighted by molar-refractivity contribution is 9.10. The average Bonchev–Trinajstić information content (AvgIpc) is 2.39. The van der Waals surface area contributed by atoms with Crippen LogP contribution in [-0.4, -0.2) is 0 Å². The molecule has 0 bridgehead atoms. The SMILES string of the molecule is Cc1cc(C#N)ccc1CNc1ccc(Br)cc1C. The number of aryl methyl sites for hydroxylation is 2. The Hall–Kier alpha value is -1.79. The van der Waals surface area contributed by atoms with Gasteiger partial charge in [0.25, 0.3) is 0 Å². The van der Waals surface area contributed by atoms with Crippen LogP contribution in [0, 0.1) is 25.2 Å².